The standard InChI is InChI=1S/C12H14ClN3O2S.ClH/c13-11-4-3-10(5-9(11)6-14)19(17,18)16-7-12(15)8-1-2-8;/h3-5,8,12,16H,1-2,7,15H2;1H. The highest BCUT2D eigenvalue weighted by Crippen LogP contribution is 2.31. The van der Waals surface area contributed by atoms with Crippen LogP contribution in [0.2, 0.25) is 5.02 Å². The highest BCUT2D eigenvalue weighted by Gasteiger charge is 2.29. The molecule has 1 saturated carbocycles. The molecule has 0 bridgehead atoms. The minimum absolute atomic E-state index is 0. The number of nitrogens with zero attached hydrogens (tertiary/aromatic N) is 1. The highest BCUT2D eigenvalue weighted by atomic mass is 35.5. The third kappa shape index (κ3) is 4.08. The van der Waals surface area contributed by atoms with Gasteiger partial charge in [-0.25, -0.2) is 13.1 Å². The van der Waals surface area contributed by atoms with Gasteiger partial charge in [0.15, 0.2) is 0 Å². The van der Waals surface area contributed by atoms with Crippen LogP contribution in [0.4, 0.5) is 0 Å². The Morgan fingerprint density at radius 3 is 2.70 bits per heavy atom. The van der Waals surface area contributed by atoms with Crippen molar-refractivity contribution < 1.29 is 8.42 Å². The molecule has 0 heterocycles. The van der Waals surface area contributed by atoms with Crippen molar-refractivity contribution in [1.82, 2.24) is 4.72 Å². The third-order valence-corrected chi connectivity index (χ3v) is 4.86. The number of nitriles is 1. The van der Waals surface area contributed by atoms with Gasteiger partial charge in [-0.2, -0.15) is 5.26 Å². The molecule has 5 nitrogen and oxygen atoms in total. The zero-order valence-electron chi connectivity index (χ0n) is 10.5. The molecule has 0 aromatic heterocycles. The summed E-state index contributed by atoms with van der Waals surface area (Å²) in [5, 5.41) is 9.07. The van der Waals surface area contributed by atoms with Gasteiger partial charge < -0.3 is 5.73 Å². The SMILES string of the molecule is Cl.N#Cc1cc(S(=O)(=O)NCC(N)C2CC2)ccc1Cl. The molecule has 1 atom stereocenters. The van der Waals surface area contributed by atoms with E-state index < -0.39 is 10.0 Å². The molecule has 0 saturated heterocycles. The van der Waals surface area contributed by atoms with E-state index in [0.717, 1.165) is 12.8 Å². The number of benzene rings is 1. The van der Waals surface area contributed by atoms with Crippen LogP contribution in [-0.4, -0.2) is 21.0 Å². The summed E-state index contributed by atoms with van der Waals surface area (Å²) in [5.74, 6) is 0.419. The number of nitrogens with two attached hydrogens (primary N) is 1. The molecule has 1 aromatic carbocycles. The lowest BCUT2D eigenvalue weighted by Crippen LogP contribution is -2.38. The summed E-state index contributed by atoms with van der Waals surface area (Å²) >= 11 is 5.77. The molecule has 0 aliphatic heterocycles. The first-order valence-corrected chi connectivity index (χ1v) is 7.75. The molecule has 0 amide bonds. The first kappa shape index (κ1) is 17.2. The van der Waals surface area contributed by atoms with Crippen LogP contribution in [0.5, 0.6) is 0 Å². The maximum absolute atomic E-state index is 12.0. The van der Waals surface area contributed by atoms with Crippen LogP contribution in [-0.2, 0) is 10.0 Å². The second-order valence-corrected chi connectivity index (χ2v) is 6.78. The smallest absolute Gasteiger partial charge is 0.240 e. The molecule has 3 N–H and O–H groups in total. The molecular weight excluding hydrogens is 321 g/mol. The Balaban J connectivity index is 0.00000200. The Morgan fingerprint density at radius 2 is 2.15 bits per heavy atom. The number of hydrogen-bond donors (Lipinski definition) is 2. The van der Waals surface area contributed by atoms with Crippen molar-refractivity contribution in [3.63, 3.8) is 0 Å². The van der Waals surface area contributed by atoms with Crippen LogP contribution in [0.1, 0.15) is 18.4 Å². The first-order valence-electron chi connectivity index (χ1n) is 5.89. The second kappa shape index (κ2) is 6.74. The zero-order chi connectivity index (χ0) is 14.0. The summed E-state index contributed by atoms with van der Waals surface area (Å²) in [6, 6.07) is 5.72. The average Bonchev–Trinajstić information content (AvgIpc) is 3.20. The Hall–Kier alpha value is -0.840. The van der Waals surface area contributed by atoms with Gasteiger partial charge >= 0.3 is 0 Å². The summed E-state index contributed by atoms with van der Waals surface area (Å²) in [6.45, 7) is 0.206. The molecular formula is C12H15Cl2N3O2S. The van der Waals surface area contributed by atoms with Gasteiger partial charge in [0, 0.05) is 12.6 Å². The highest BCUT2D eigenvalue weighted by molar-refractivity contribution is 7.89. The molecule has 1 aromatic rings. The molecule has 1 fully saturated rings. The maximum Gasteiger partial charge on any atom is 0.240 e. The van der Waals surface area contributed by atoms with Crippen molar-refractivity contribution in [3.05, 3.63) is 28.8 Å². The second-order valence-electron chi connectivity index (χ2n) is 4.61. The number of nitrogens with one attached hydrogen (secondary N) is 1. The monoisotopic (exact) mass is 335 g/mol. The van der Waals surface area contributed by atoms with E-state index in [2.05, 4.69) is 4.72 Å². The summed E-state index contributed by atoms with van der Waals surface area (Å²) in [6.07, 6.45) is 2.12. The molecule has 8 heteroatoms. The normalized spacial score (nSPS) is 16.1. The van der Waals surface area contributed by atoms with Crippen molar-refractivity contribution in [1.29, 1.82) is 5.26 Å². The summed E-state index contributed by atoms with van der Waals surface area (Å²) in [4.78, 5) is 0.0245. The van der Waals surface area contributed by atoms with Gasteiger partial charge in [-0.3, -0.25) is 0 Å². The van der Waals surface area contributed by atoms with E-state index >= 15 is 0 Å². The van der Waals surface area contributed by atoms with Crippen LogP contribution in [0.3, 0.4) is 0 Å². The summed E-state index contributed by atoms with van der Waals surface area (Å²) < 4.78 is 26.5. The Bertz CT molecular complexity index is 624. The van der Waals surface area contributed by atoms with E-state index in [1.165, 1.54) is 18.2 Å². The number of hydrogen-bond acceptors (Lipinski definition) is 4. The number of sulfonamides is 1. The van der Waals surface area contributed by atoms with Crippen molar-refractivity contribution >= 4 is 34.0 Å². The van der Waals surface area contributed by atoms with Gasteiger partial charge in [0.2, 0.25) is 10.0 Å². The van der Waals surface area contributed by atoms with Crippen LogP contribution in [0, 0.1) is 17.2 Å². The van der Waals surface area contributed by atoms with E-state index in [1.54, 1.807) is 0 Å². The van der Waals surface area contributed by atoms with E-state index in [0.29, 0.717) is 5.92 Å². The van der Waals surface area contributed by atoms with Crippen molar-refractivity contribution in [2.24, 2.45) is 11.7 Å². The summed E-state index contributed by atoms with van der Waals surface area (Å²) in [7, 11) is -3.65. The van der Waals surface area contributed by atoms with E-state index in [1.807, 2.05) is 6.07 Å². The van der Waals surface area contributed by atoms with E-state index in [9.17, 15) is 8.42 Å². The minimum Gasteiger partial charge on any atom is -0.326 e. The lowest BCUT2D eigenvalue weighted by Gasteiger charge is -2.12. The van der Waals surface area contributed by atoms with Crippen molar-refractivity contribution in [2.75, 3.05) is 6.54 Å². The molecule has 0 spiro atoms. The molecule has 1 aliphatic rings. The van der Waals surface area contributed by atoms with Gasteiger partial charge in [0.1, 0.15) is 6.07 Å². The quantitative estimate of drug-likeness (QED) is 0.854. The third-order valence-electron chi connectivity index (χ3n) is 3.11. The van der Waals surface area contributed by atoms with Gasteiger partial charge in [0.05, 0.1) is 15.5 Å². The Kier molecular flexibility index (Phi) is 5.80. The lowest BCUT2D eigenvalue weighted by atomic mass is 10.2. The van der Waals surface area contributed by atoms with E-state index in [4.69, 9.17) is 22.6 Å². The van der Waals surface area contributed by atoms with Gasteiger partial charge in [-0.05, 0) is 37.0 Å². The Labute approximate surface area is 129 Å². The van der Waals surface area contributed by atoms with Crippen LogP contribution in [0.15, 0.2) is 23.1 Å². The van der Waals surface area contributed by atoms with Gasteiger partial charge in [-0.1, -0.05) is 11.6 Å². The predicted octanol–water partition coefficient (Wildman–Crippen LogP) is 1.65. The molecule has 20 heavy (non-hydrogen) atoms. The zero-order valence-corrected chi connectivity index (χ0v) is 12.9. The lowest BCUT2D eigenvalue weighted by molar-refractivity contribution is 0.547. The van der Waals surface area contributed by atoms with Gasteiger partial charge in [-0.15, -0.1) is 12.4 Å². The van der Waals surface area contributed by atoms with Gasteiger partial charge in [0.25, 0.3) is 0 Å². The van der Waals surface area contributed by atoms with Crippen molar-refractivity contribution in [2.45, 2.75) is 23.8 Å². The predicted molar refractivity (Wildman–Crippen MR) is 79.3 cm³/mol. The topological polar surface area (TPSA) is 96.0 Å². The Morgan fingerprint density at radius 1 is 1.50 bits per heavy atom. The van der Waals surface area contributed by atoms with Crippen LogP contribution in [0.25, 0.3) is 0 Å². The fourth-order valence-corrected chi connectivity index (χ4v) is 3.00. The molecule has 110 valence electrons. The molecule has 0 radical (unpaired) electrons. The molecule has 2 rings (SSSR count). The number of halogens is 2. The van der Waals surface area contributed by atoms with Crippen LogP contribution < -0.4 is 10.5 Å². The molecule has 1 unspecified atom stereocenters. The number of rotatable bonds is 5. The fourth-order valence-electron chi connectivity index (χ4n) is 1.74. The minimum atomic E-state index is -3.65. The van der Waals surface area contributed by atoms with E-state index in [-0.39, 0.29) is 40.5 Å². The first-order chi connectivity index (χ1) is 8.94. The van der Waals surface area contributed by atoms with Crippen molar-refractivity contribution in [3.8, 4) is 6.07 Å². The largest absolute Gasteiger partial charge is 0.326 e. The molecule has 1 aliphatic carbocycles. The summed E-state index contributed by atoms with van der Waals surface area (Å²) in [5.41, 5.74) is 5.98. The fraction of sp³-hybridized carbons (Fsp3) is 0.417. The average molecular weight is 336 g/mol. The van der Waals surface area contributed by atoms with Crippen LogP contribution >= 0.6 is 24.0 Å². The maximum atomic E-state index is 12.0.